The molecule has 0 spiro atoms. The van der Waals surface area contributed by atoms with Crippen LogP contribution in [0.5, 0.6) is 17.2 Å². The van der Waals surface area contributed by atoms with E-state index in [-0.39, 0.29) is 6.79 Å². The molecule has 3 rings (SSSR count). The number of benzene rings is 2. The summed E-state index contributed by atoms with van der Waals surface area (Å²) < 4.78 is 20.6. The van der Waals surface area contributed by atoms with Crippen LogP contribution in [-0.4, -0.2) is 32.4 Å². The highest BCUT2D eigenvalue weighted by Crippen LogP contribution is 2.40. The van der Waals surface area contributed by atoms with E-state index in [0.29, 0.717) is 33.5 Å². The van der Waals surface area contributed by atoms with E-state index in [2.05, 4.69) is 5.32 Å². The molecular weight excluding hydrogens is 386 g/mol. The zero-order valence-corrected chi connectivity index (χ0v) is 16.0. The predicted octanol–water partition coefficient (Wildman–Crippen LogP) is 3.58. The number of hydrogen-bond acceptors (Lipinski definition) is 6. The Labute approximate surface area is 166 Å². The number of halogens is 1. The van der Waals surface area contributed by atoms with Gasteiger partial charge in [-0.25, -0.2) is 4.79 Å². The number of nitrogens with one attached hydrogen (secondary N) is 1. The number of ether oxygens (including phenoxy) is 4. The highest BCUT2D eigenvalue weighted by atomic mass is 35.5. The Morgan fingerprint density at radius 3 is 2.86 bits per heavy atom. The van der Waals surface area contributed by atoms with Gasteiger partial charge < -0.3 is 24.3 Å². The maximum Gasteiger partial charge on any atom is 0.331 e. The van der Waals surface area contributed by atoms with Gasteiger partial charge in [-0.3, -0.25) is 4.79 Å². The maximum absolute atomic E-state index is 12.0. The summed E-state index contributed by atoms with van der Waals surface area (Å²) in [5.74, 6) is 0.360. The van der Waals surface area contributed by atoms with Gasteiger partial charge >= 0.3 is 5.97 Å². The normalized spacial score (nSPS) is 12.1. The molecule has 0 radical (unpaired) electrons. The molecule has 0 saturated carbocycles. The van der Waals surface area contributed by atoms with Gasteiger partial charge in [0.05, 0.1) is 17.8 Å². The second kappa shape index (κ2) is 8.67. The third-order valence-electron chi connectivity index (χ3n) is 3.84. The molecule has 2 aromatic carbocycles. The van der Waals surface area contributed by atoms with Crippen LogP contribution in [0.15, 0.2) is 36.4 Å². The van der Waals surface area contributed by atoms with Crippen molar-refractivity contribution in [3.8, 4) is 17.2 Å². The van der Waals surface area contributed by atoms with Crippen molar-refractivity contribution in [1.82, 2.24) is 0 Å². The monoisotopic (exact) mass is 403 g/mol. The Hall–Kier alpha value is -3.19. The molecule has 1 aliphatic heterocycles. The zero-order chi connectivity index (χ0) is 20.1. The maximum atomic E-state index is 12.0. The highest BCUT2D eigenvalue weighted by molar-refractivity contribution is 6.32. The molecule has 0 atom stereocenters. The summed E-state index contributed by atoms with van der Waals surface area (Å²) in [6, 6.07) is 8.70. The predicted molar refractivity (Wildman–Crippen MR) is 104 cm³/mol. The van der Waals surface area contributed by atoms with E-state index in [1.165, 1.54) is 19.3 Å². The van der Waals surface area contributed by atoms with E-state index in [9.17, 15) is 9.59 Å². The van der Waals surface area contributed by atoms with Crippen molar-refractivity contribution in [2.75, 3.05) is 25.8 Å². The average molecular weight is 404 g/mol. The third-order valence-corrected chi connectivity index (χ3v) is 4.12. The van der Waals surface area contributed by atoms with Crippen LogP contribution in [-0.2, 0) is 14.3 Å². The number of anilines is 1. The second-order valence-electron chi connectivity index (χ2n) is 5.93. The van der Waals surface area contributed by atoms with E-state index >= 15 is 0 Å². The molecule has 2 aromatic rings. The van der Waals surface area contributed by atoms with Crippen LogP contribution in [0.1, 0.15) is 11.1 Å². The number of carbonyl (C=O) groups is 2. The Kier molecular flexibility index (Phi) is 6.06. The summed E-state index contributed by atoms with van der Waals surface area (Å²) in [4.78, 5) is 23.9. The van der Waals surface area contributed by atoms with E-state index < -0.39 is 18.5 Å². The molecule has 7 nitrogen and oxygen atoms in total. The fourth-order valence-corrected chi connectivity index (χ4v) is 2.81. The molecule has 28 heavy (non-hydrogen) atoms. The van der Waals surface area contributed by atoms with Gasteiger partial charge in [0.1, 0.15) is 5.75 Å². The van der Waals surface area contributed by atoms with Gasteiger partial charge in [-0.1, -0.05) is 17.7 Å². The Morgan fingerprint density at radius 1 is 1.25 bits per heavy atom. The summed E-state index contributed by atoms with van der Waals surface area (Å²) >= 11 is 6.09. The molecule has 1 heterocycles. The number of fused-ring (bicyclic) bond motifs is 1. The van der Waals surface area contributed by atoms with Gasteiger partial charge in [0.25, 0.3) is 5.91 Å². The molecule has 0 fully saturated rings. The second-order valence-corrected chi connectivity index (χ2v) is 6.34. The Balaban J connectivity index is 1.54. The van der Waals surface area contributed by atoms with Crippen LogP contribution in [0.4, 0.5) is 5.69 Å². The number of amides is 1. The average Bonchev–Trinajstić information content (AvgIpc) is 3.14. The molecule has 1 N–H and O–H groups in total. The number of aryl methyl sites for hydroxylation is 1. The van der Waals surface area contributed by atoms with E-state index in [1.807, 2.05) is 13.0 Å². The van der Waals surface area contributed by atoms with Crippen LogP contribution in [0.2, 0.25) is 5.02 Å². The van der Waals surface area contributed by atoms with Crippen molar-refractivity contribution in [3.05, 3.63) is 52.6 Å². The summed E-state index contributed by atoms with van der Waals surface area (Å²) in [5, 5.41) is 3.04. The van der Waals surface area contributed by atoms with E-state index in [4.69, 9.17) is 30.5 Å². The van der Waals surface area contributed by atoms with Gasteiger partial charge in [0.15, 0.2) is 18.1 Å². The van der Waals surface area contributed by atoms with Crippen molar-refractivity contribution >= 4 is 35.2 Å². The minimum absolute atomic E-state index is 0.102. The van der Waals surface area contributed by atoms with Gasteiger partial charge in [-0.15, -0.1) is 0 Å². The van der Waals surface area contributed by atoms with E-state index in [1.54, 1.807) is 24.3 Å². The fourth-order valence-electron chi connectivity index (χ4n) is 2.54. The standard InChI is InChI=1S/C20H18ClNO6/c1-12-3-5-16(25-2)15(7-12)22-18(23)10-26-19(24)6-4-13-8-14(21)20-17(9-13)27-11-28-20/h3-9H,10-11H2,1-2H3,(H,22,23)/b6-4+. The van der Waals surface area contributed by atoms with Crippen molar-refractivity contribution < 1.29 is 28.5 Å². The van der Waals surface area contributed by atoms with Crippen LogP contribution < -0.4 is 19.5 Å². The van der Waals surface area contributed by atoms with Gasteiger partial charge in [0.2, 0.25) is 6.79 Å². The SMILES string of the molecule is COc1ccc(C)cc1NC(=O)COC(=O)/C=C/c1cc(Cl)c2c(c1)OCO2. The lowest BCUT2D eigenvalue weighted by atomic mass is 10.2. The first-order valence-corrected chi connectivity index (χ1v) is 8.72. The molecule has 0 unspecified atom stereocenters. The number of methoxy groups -OCH3 is 1. The quantitative estimate of drug-likeness (QED) is 0.586. The number of carbonyl (C=O) groups excluding carboxylic acids is 2. The summed E-state index contributed by atoms with van der Waals surface area (Å²) in [6.45, 7) is 1.57. The first-order chi connectivity index (χ1) is 13.5. The van der Waals surface area contributed by atoms with Gasteiger partial charge in [-0.05, 0) is 48.4 Å². The smallest absolute Gasteiger partial charge is 0.331 e. The van der Waals surface area contributed by atoms with Crippen LogP contribution in [0.25, 0.3) is 6.08 Å². The topological polar surface area (TPSA) is 83.1 Å². The molecule has 0 saturated heterocycles. The highest BCUT2D eigenvalue weighted by Gasteiger charge is 2.17. The van der Waals surface area contributed by atoms with Gasteiger partial charge in [0, 0.05) is 6.08 Å². The Bertz CT molecular complexity index is 941. The first kappa shape index (κ1) is 19.6. The minimum atomic E-state index is -0.667. The van der Waals surface area contributed by atoms with Gasteiger partial charge in [-0.2, -0.15) is 0 Å². The molecule has 0 aliphatic carbocycles. The summed E-state index contributed by atoms with van der Waals surface area (Å²) in [5.41, 5.74) is 2.10. The van der Waals surface area contributed by atoms with Crippen molar-refractivity contribution in [3.63, 3.8) is 0 Å². The number of rotatable bonds is 6. The van der Waals surface area contributed by atoms with Crippen LogP contribution in [0, 0.1) is 6.92 Å². The fraction of sp³-hybridized carbons (Fsp3) is 0.200. The molecular formula is C20H18ClNO6. The molecule has 0 bridgehead atoms. The van der Waals surface area contributed by atoms with E-state index in [0.717, 1.165) is 5.56 Å². The lowest BCUT2D eigenvalue weighted by Crippen LogP contribution is -2.20. The summed E-state index contributed by atoms with van der Waals surface area (Å²) in [7, 11) is 1.51. The minimum Gasteiger partial charge on any atom is -0.495 e. The number of hydrogen-bond donors (Lipinski definition) is 1. The van der Waals surface area contributed by atoms with Crippen molar-refractivity contribution in [1.29, 1.82) is 0 Å². The van der Waals surface area contributed by atoms with Crippen molar-refractivity contribution in [2.45, 2.75) is 6.92 Å². The molecule has 1 amide bonds. The lowest BCUT2D eigenvalue weighted by molar-refractivity contribution is -0.142. The van der Waals surface area contributed by atoms with Crippen LogP contribution >= 0.6 is 11.6 Å². The lowest BCUT2D eigenvalue weighted by Gasteiger charge is -2.10. The number of esters is 1. The third kappa shape index (κ3) is 4.75. The van der Waals surface area contributed by atoms with Crippen LogP contribution in [0.3, 0.4) is 0 Å². The Morgan fingerprint density at radius 2 is 2.07 bits per heavy atom. The molecule has 0 aromatic heterocycles. The molecule has 146 valence electrons. The van der Waals surface area contributed by atoms with Crippen molar-refractivity contribution in [2.24, 2.45) is 0 Å². The largest absolute Gasteiger partial charge is 0.495 e. The first-order valence-electron chi connectivity index (χ1n) is 8.34. The zero-order valence-electron chi connectivity index (χ0n) is 15.3. The molecule has 8 heteroatoms. The summed E-state index contributed by atoms with van der Waals surface area (Å²) in [6.07, 6.45) is 2.71. The molecule has 1 aliphatic rings.